The lowest BCUT2D eigenvalue weighted by Gasteiger charge is -2.01. The number of aliphatic hydroxyl groups excluding tert-OH is 2. The first-order valence-corrected chi connectivity index (χ1v) is 4.78. The molecule has 0 aromatic rings. The van der Waals surface area contributed by atoms with Crippen LogP contribution in [0.15, 0.2) is 0 Å². The van der Waals surface area contributed by atoms with E-state index in [1.54, 1.807) is 0 Å². The Morgan fingerprint density at radius 1 is 1.45 bits per heavy atom. The molecule has 6 nitrogen and oxygen atoms in total. The van der Waals surface area contributed by atoms with E-state index in [0.29, 0.717) is 13.0 Å². The maximum absolute atomic E-state index is 8.63. The van der Waals surface area contributed by atoms with Crippen LogP contribution in [0.1, 0.15) is 6.42 Å². The Morgan fingerprint density at radius 2 is 1.82 bits per heavy atom. The zero-order valence-corrected chi connectivity index (χ0v) is 7.40. The molecule has 5 N–H and O–H groups in total. The fraction of sp³-hybridized carbons (Fsp3) is 1.00. The van der Waals surface area contributed by atoms with Gasteiger partial charge in [-0.25, -0.2) is 0 Å². The van der Waals surface area contributed by atoms with Gasteiger partial charge in [0.05, 0.1) is 12.7 Å². The SMILES string of the molecule is NCC[C@H](O)CO.[O-][Br+2]([O-])O. The van der Waals surface area contributed by atoms with Crippen molar-refractivity contribution >= 4 is 0 Å². The van der Waals surface area contributed by atoms with E-state index in [2.05, 4.69) is 0 Å². The molecule has 11 heavy (non-hydrogen) atoms. The van der Waals surface area contributed by atoms with E-state index < -0.39 is 20.9 Å². The zero-order chi connectivity index (χ0) is 9.28. The first kappa shape index (κ1) is 13.8. The molecule has 0 rings (SSSR count). The van der Waals surface area contributed by atoms with Crippen LogP contribution in [0.2, 0.25) is 0 Å². The van der Waals surface area contributed by atoms with Crippen molar-refractivity contribution in [2.45, 2.75) is 12.5 Å². The molecule has 0 bridgehead atoms. The monoisotopic (exact) mass is 233 g/mol. The molecule has 0 saturated carbocycles. The summed E-state index contributed by atoms with van der Waals surface area (Å²) in [6, 6.07) is 0. The summed E-state index contributed by atoms with van der Waals surface area (Å²) < 4.78 is 24.3. The summed E-state index contributed by atoms with van der Waals surface area (Å²) in [5.41, 5.74) is 5.03. The van der Waals surface area contributed by atoms with Crippen molar-refractivity contribution in [2.75, 3.05) is 13.2 Å². The Labute approximate surface area is 69.7 Å². The van der Waals surface area contributed by atoms with Crippen LogP contribution in [0.25, 0.3) is 0 Å². The van der Waals surface area contributed by atoms with Gasteiger partial charge < -0.3 is 24.3 Å². The molecule has 0 radical (unpaired) electrons. The van der Waals surface area contributed by atoms with Crippen molar-refractivity contribution in [1.29, 1.82) is 0 Å². The van der Waals surface area contributed by atoms with E-state index in [0.717, 1.165) is 0 Å². The van der Waals surface area contributed by atoms with E-state index in [4.69, 9.17) is 28.5 Å². The fourth-order valence-corrected chi connectivity index (χ4v) is 0.284. The second kappa shape index (κ2) is 10.2. The maximum Gasteiger partial charge on any atom is 0.433 e. The van der Waals surface area contributed by atoms with Crippen molar-refractivity contribution in [3.63, 3.8) is 0 Å². The number of halogens is 1. The highest BCUT2D eigenvalue weighted by Crippen LogP contribution is 1.83. The summed E-state index contributed by atoms with van der Waals surface area (Å²) in [4.78, 5) is 0. The largest absolute Gasteiger partial charge is 0.433 e. The zero-order valence-electron chi connectivity index (χ0n) is 5.81. The number of aliphatic hydroxyl groups is 2. The van der Waals surface area contributed by atoms with Gasteiger partial charge in [-0.2, -0.15) is 0 Å². The van der Waals surface area contributed by atoms with Gasteiger partial charge in [-0.05, 0) is 17.2 Å². The fourth-order valence-electron chi connectivity index (χ4n) is 0.284. The second-order valence-corrected chi connectivity index (χ2v) is 2.46. The molecule has 0 aromatic carbocycles. The number of nitrogens with two attached hydrogens (primary N) is 1. The van der Waals surface area contributed by atoms with Crippen molar-refractivity contribution in [2.24, 2.45) is 5.73 Å². The second-order valence-electron chi connectivity index (χ2n) is 1.61. The molecule has 70 valence electrons. The van der Waals surface area contributed by atoms with Crippen molar-refractivity contribution in [1.82, 2.24) is 0 Å². The van der Waals surface area contributed by atoms with Crippen molar-refractivity contribution < 1.29 is 37.6 Å². The average Bonchev–Trinajstić information content (AvgIpc) is 1.87. The van der Waals surface area contributed by atoms with E-state index in [1.807, 2.05) is 0 Å². The molecule has 0 aliphatic rings. The molecular formula is C4H12BrNO5. The summed E-state index contributed by atoms with van der Waals surface area (Å²) in [6.07, 6.45) is -0.138. The van der Waals surface area contributed by atoms with E-state index >= 15 is 0 Å². The Balaban J connectivity index is 0. The minimum absolute atomic E-state index is 0.183. The molecule has 7 heteroatoms. The lowest BCUT2D eigenvalue weighted by molar-refractivity contribution is -1.63. The number of rotatable bonds is 3. The topological polar surface area (TPSA) is 133 Å². The van der Waals surface area contributed by atoms with Crippen LogP contribution in [-0.2, 0) is 0 Å². The van der Waals surface area contributed by atoms with E-state index in [9.17, 15) is 0 Å². The van der Waals surface area contributed by atoms with Crippen LogP contribution in [0.4, 0.5) is 0 Å². The van der Waals surface area contributed by atoms with Crippen LogP contribution in [-0.4, -0.2) is 33.7 Å². The van der Waals surface area contributed by atoms with Gasteiger partial charge >= 0.3 is 14.8 Å². The summed E-state index contributed by atoms with van der Waals surface area (Å²) in [5.74, 6) is 0. The predicted octanol–water partition coefficient (Wildman–Crippen LogP) is -4.25. The van der Waals surface area contributed by atoms with Crippen LogP contribution in [0.3, 0.4) is 0 Å². The van der Waals surface area contributed by atoms with Crippen LogP contribution < -0.4 is 14.1 Å². The predicted molar refractivity (Wildman–Crippen MR) is 29.0 cm³/mol. The molecule has 0 fully saturated rings. The highest BCUT2D eigenvalue weighted by atomic mass is 80.0. The number of hydrogen-bond acceptors (Lipinski definition) is 6. The summed E-state index contributed by atoms with van der Waals surface area (Å²) >= 11 is -3.40. The van der Waals surface area contributed by atoms with Crippen molar-refractivity contribution in [3.8, 4) is 0 Å². The van der Waals surface area contributed by atoms with Crippen molar-refractivity contribution in [3.05, 3.63) is 0 Å². The molecule has 0 aliphatic carbocycles. The van der Waals surface area contributed by atoms with Gasteiger partial charge in [0, 0.05) is 0 Å². The Bertz CT molecular complexity index is 70.7. The smallest absolute Gasteiger partial charge is 0.394 e. The summed E-state index contributed by atoms with van der Waals surface area (Å²) in [7, 11) is 0. The molecule has 0 heterocycles. The van der Waals surface area contributed by atoms with Gasteiger partial charge in [-0.15, -0.1) is 0 Å². The quantitative estimate of drug-likeness (QED) is 0.391. The summed E-state index contributed by atoms with van der Waals surface area (Å²) in [5, 5.41) is 16.7. The van der Waals surface area contributed by atoms with Crippen LogP contribution in [0.5, 0.6) is 0 Å². The Morgan fingerprint density at radius 3 is 1.91 bits per heavy atom. The van der Waals surface area contributed by atoms with Gasteiger partial charge in [0.15, 0.2) is 0 Å². The van der Waals surface area contributed by atoms with Gasteiger partial charge in [-0.3, -0.25) is 0 Å². The van der Waals surface area contributed by atoms with E-state index in [-0.39, 0.29) is 6.61 Å². The first-order chi connectivity index (χ1) is 5.04. The van der Waals surface area contributed by atoms with E-state index in [1.165, 1.54) is 0 Å². The summed E-state index contributed by atoms with van der Waals surface area (Å²) in [6.45, 7) is 0.249. The number of hydrogen-bond donors (Lipinski definition) is 4. The van der Waals surface area contributed by atoms with Gasteiger partial charge in [0.2, 0.25) is 0 Å². The third-order valence-electron chi connectivity index (χ3n) is 0.711. The molecule has 0 aromatic heterocycles. The Kier molecular flexibility index (Phi) is 12.9. The van der Waals surface area contributed by atoms with Gasteiger partial charge in [0.25, 0.3) is 0 Å². The lowest BCUT2D eigenvalue weighted by Crippen LogP contribution is -2.30. The molecule has 1 atom stereocenters. The third kappa shape index (κ3) is 25.3. The standard InChI is InChI=1S/C4H11NO2.BrHO3/c5-2-1-4(7)3-6;2-1(3)4/h4,6-7H,1-3,5H2;2H/t4-;/m0./s1. The average molecular weight is 234 g/mol. The Hall–Kier alpha value is 0.240. The molecule has 0 amide bonds. The highest BCUT2D eigenvalue weighted by Gasteiger charge is 1.96. The normalized spacial score (nSPS) is 12.3. The molecule has 0 aliphatic heterocycles. The molecule has 0 unspecified atom stereocenters. The van der Waals surface area contributed by atoms with Crippen LogP contribution in [0, 0.1) is 14.8 Å². The van der Waals surface area contributed by atoms with Gasteiger partial charge in [-0.1, -0.05) is 0 Å². The van der Waals surface area contributed by atoms with Crippen LogP contribution >= 0.6 is 0 Å². The third-order valence-corrected chi connectivity index (χ3v) is 0.711. The first-order valence-electron chi connectivity index (χ1n) is 2.78. The minimum Gasteiger partial charge on any atom is -0.394 e. The maximum atomic E-state index is 8.63. The molecule has 0 saturated heterocycles. The van der Waals surface area contributed by atoms with Gasteiger partial charge in [0.1, 0.15) is 0 Å². The molecular weight excluding hydrogens is 222 g/mol. The molecule has 0 spiro atoms. The lowest BCUT2D eigenvalue weighted by atomic mass is 10.3. The minimum atomic E-state index is -3.40. The highest BCUT2D eigenvalue weighted by molar-refractivity contribution is 4.50.